The summed E-state index contributed by atoms with van der Waals surface area (Å²) in [5.41, 5.74) is 19.3. The highest BCUT2D eigenvalue weighted by Gasteiger charge is 2.36. The summed E-state index contributed by atoms with van der Waals surface area (Å²) in [5.74, 6) is 0. The molecule has 0 aliphatic heterocycles. The topological polar surface area (TPSA) is 25.8 Å². The van der Waals surface area contributed by atoms with Crippen LogP contribution in [0.4, 0.5) is 0 Å². The summed E-state index contributed by atoms with van der Waals surface area (Å²) < 4.78 is 0. The highest BCUT2D eigenvalue weighted by Crippen LogP contribution is 2.53. The monoisotopic (exact) mass is 876 g/mol. The highest BCUT2D eigenvalue weighted by atomic mass is 14.7. The van der Waals surface area contributed by atoms with Gasteiger partial charge in [-0.25, -0.2) is 0 Å². The lowest BCUT2D eigenvalue weighted by Gasteiger charge is -2.23. The van der Waals surface area contributed by atoms with E-state index in [1.54, 1.807) is 0 Å². The number of rotatable bonds is 5. The summed E-state index contributed by atoms with van der Waals surface area (Å²) in [6, 6.07) is 80.1. The van der Waals surface area contributed by atoms with Gasteiger partial charge in [0, 0.05) is 50.1 Å². The number of nitrogens with zero attached hydrogens (tertiary/aromatic N) is 2. The first-order chi connectivity index (χ1) is 34.0. The fraction of sp³-hybridized carbons (Fsp3) is 0.0448. The highest BCUT2D eigenvalue weighted by molar-refractivity contribution is 6.28. The predicted octanol–water partition coefficient (Wildman–Crippen LogP) is 18.0. The molecule has 13 aromatic rings. The number of fused-ring (bicyclic) bond motifs is 11. The molecule has 0 fully saturated rings. The zero-order chi connectivity index (χ0) is 45.8. The molecule has 0 saturated heterocycles. The van der Waals surface area contributed by atoms with Crippen LogP contribution in [0, 0.1) is 0 Å². The molecule has 1 aliphatic rings. The first-order valence-electron chi connectivity index (χ1n) is 24.0. The zero-order valence-electron chi connectivity index (χ0n) is 38.3. The second-order valence-electron chi connectivity index (χ2n) is 19.2. The van der Waals surface area contributed by atoms with Crippen molar-refractivity contribution in [3.63, 3.8) is 0 Å². The molecule has 0 N–H and O–H groups in total. The summed E-state index contributed by atoms with van der Waals surface area (Å²) in [7, 11) is 0. The van der Waals surface area contributed by atoms with E-state index in [0.29, 0.717) is 0 Å². The number of aromatic nitrogens is 2. The Balaban J connectivity index is 0.887. The molecule has 11 aromatic carbocycles. The standard InChI is InChI=1S/C67H44N2/c1-67(2)57-37-45(41-29-31-44(32-30-41)61-49-21-9-11-23-51(49)63(42-17-5-3-6-18-42)65-53-25-13-15-27-59(53)68-39-55(61)65)33-35-47(57)48-36-34-46(38-58(48)67)62-50-22-10-12-24-52(50)64(43-19-7-4-8-20-43)66-54-26-14-16-28-60(54)69-40-56(62)66/h3-40H,1-2H3. The van der Waals surface area contributed by atoms with Crippen LogP contribution in [0.2, 0.25) is 0 Å². The van der Waals surface area contributed by atoms with Crippen LogP contribution in [0.1, 0.15) is 25.0 Å². The average molecular weight is 877 g/mol. The Kier molecular flexibility index (Phi) is 8.66. The van der Waals surface area contributed by atoms with Gasteiger partial charge in [0.15, 0.2) is 0 Å². The van der Waals surface area contributed by atoms with Crippen molar-refractivity contribution < 1.29 is 0 Å². The number of pyridine rings is 2. The van der Waals surface area contributed by atoms with E-state index in [4.69, 9.17) is 9.97 Å². The molecule has 0 amide bonds. The van der Waals surface area contributed by atoms with Gasteiger partial charge in [-0.1, -0.05) is 208 Å². The molecule has 0 saturated carbocycles. The summed E-state index contributed by atoms with van der Waals surface area (Å²) in [4.78, 5) is 10.1. The molecular formula is C67H44N2. The van der Waals surface area contributed by atoms with Crippen molar-refractivity contribution in [2.75, 3.05) is 0 Å². The van der Waals surface area contributed by atoms with Gasteiger partial charge in [0.1, 0.15) is 0 Å². The lowest BCUT2D eigenvalue weighted by molar-refractivity contribution is 0.661. The van der Waals surface area contributed by atoms with Gasteiger partial charge >= 0.3 is 0 Å². The SMILES string of the molecule is CC1(C)c2cc(-c3ccc(-c4c5ccccc5c(-c5ccccc5)c5c4cnc4ccccc45)cc3)ccc2-c2ccc(-c3c4ccccc4c(-c4ccccc4)c4c3cnc3ccccc34)cc21. The molecule has 2 heterocycles. The first-order valence-corrected chi connectivity index (χ1v) is 24.0. The second-order valence-corrected chi connectivity index (χ2v) is 19.2. The molecule has 14 rings (SSSR count). The van der Waals surface area contributed by atoms with Crippen LogP contribution < -0.4 is 0 Å². The van der Waals surface area contributed by atoms with E-state index in [0.717, 1.165) is 16.4 Å². The maximum atomic E-state index is 5.08. The second kappa shape index (κ2) is 15.2. The van der Waals surface area contributed by atoms with Crippen molar-refractivity contribution in [3.05, 3.63) is 242 Å². The van der Waals surface area contributed by atoms with Gasteiger partial charge in [0.25, 0.3) is 0 Å². The minimum atomic E-state index is -0.231. The van der Waals surface area contributed by atoms with E-state index in [1.165, 1.54) is 126 Å². The van der Waals surface area contributed by atoms with Gasteiger partial charge < -0.3 is 0 Å². The van der Waals surface area contributed by atoms with Crippen molar-refractivity contribution in [1.82, 2.24) is 9.97 Å². The van der Waals surface area contributed by atoms with Crippen molar-refractivity contribution in [2.45, 2.75) is 19.3 Å². The van der Waals surface area contributed by atoms with Crippen molar-refractivity contribution in [1.29, 1.82) is 0 Å². The molecule has 2 heteroatoms. The fourth-order valence-corrected chi connectivity index (χ4v) is 11.9. The third kappa shape index (κ3) is 5.92. The van der Waals surface area contributed by atoms with Gasteiger partial charge in [-0.3, -0.25) is 9.97 Å². The van der Waals surface area contributed by atoms with Crippen molar-refractivity contribution >= 4 is 64.9 Å². The minimum absolute atomic E-state index is 0.231. The Morgan fingerprint density at radius 1 is 0.275 bits per heavy atom. The molecule has 322 valence electrons. The molecule has 0 bridgehead atoms. The molecule has 2 nitrogen and oxygen atoms in total. The van der Waals surface area contributed by atoms with Gasteiger partial charge in [-0.15, -0.1) is 0 Å². The van der Waals surface area contributed by atoms with Gasteiger partial charge in [0.05, 0.1) is 11.0 Å². The van der Waals surface area contributed by atoms with E-state index in [2.05, 4.69) is 245 Å². The molecule has 0 atom stereocenters. The Bertz CT molecular complexity index is 4240. The maximum Gasteiger partial charge on any atom is 0.0708 e. The smallest absolute Gasteiger partial charge is 0.0708 e. The summed E-state index contributed by atoms with van der Waals surface area (Å²) in [6.45, 7) is 4.79. The normalized spacial score (nSPS) is 12.9. The van der Waals surface area contributed by atoms with Gasteiger partial charge in [-0.2, -0.15) is 0 Å². The van der Waals surface area contributed by atoms with Crippen LogP contribution in [0.25, 0.3) is 132 Å². The Hall–Kier alpha value is -8.72. The van der Waals surface area contributed by atoms with E-state index in [9.17, 15) is 0 Å². The van der Waals surface area contributed by atoms with Crippen LogP contribution in [0.3, 0.4) is 0 Å². The lowest BCUT2D eigenvalue weighted by atomic mass is 9.80. The van der Waals surface area contributed by atoms with Gasteiger partial charge in [0.2, 0.25) is 0 Å². The van der Waals surface area contributed by atoms with Crippen LogP contribution in [-0.2, 0) is 5.41 Å². The Labute approximate surface area is 400 Å². The quantitative estimate of drug-likeness (QED) is 0.127. The summed E-state index contributed by atoms with van der Waals surface area (Å²) in [5, 5.41) is 12.1. The maximum absolute atomic E-state index is 5.08. The third-order valence-corrected chi connectivity index (χ3v) is 15.1. The van der Waals surface area contributed by atoms with Gasteiger partial charge in [-0.05, 0) is 124 Å². The Morgan fingerprint density at radius 2 is 0.623 bits per heavy atom. The molecule has 0 radical (unpaired) electrons. The third-order valence-electron chi connectivity index (χ3n) is 15.1. The summed E-state index contributed by atoms with van der Waals surface area (Å²) >= 11 is 0. The van der Waals surface area contributed by atoms with E-state index >= 15 is 0 Å². The van der Waals surface area contributed by atoms with Crippen molar-refractivity contribution in [3.8, 4) is 66.8 Å². The number of para-hydroxylation sites is 2. The van der Waals surface area contributed by atoms with E-state index in [-0.39, 0.29) is 5.41 Å². The molecule has 1 aliphatic carbocycles. The largest absolute Gasteiger partial charge is 0.256 e. The number of hydrogen-bond acceptors (Lipinski definition) is 2. The lowest BCUT2D eigenvalue weighted by Crippen LogP contribution is -2.15. The number of benzene rings is 11. The fourth-order valence-electron chi connectivity index (χ4n) is 11.9. The predicted molar refractivity (Wildman–Crippen MR) is 292 cm³/mol. The van der Waals surface area contributed by atoms with Crippen LogP contribution in [0.5, 0.6) is 0 Å². The molecule has 0 spiro atoms. The van der Waals surface area contributed by atoms with E-state index < -0.39 is 0 Å². The Morgan fingerprint density at radius 3 is 1.12 bits per heavy atom. The molecular weight excluding hydrogens is 833 g/mol. The molecule has 0 unspecified atom stereocenters. The summed E-state index contributed by atoms with van der Waals surface area (Å²) in [6.07, 6.45) is 4.20. The first kappa shape index (κ1) is 39.4. The van der Waals surface area contributed by atoms with Crippen LogP contribution in [0.15, 0.2) is 231 Å². The molecule has 69 heavy (non-hydrogen) atoms. The molecule has 2 aromatic heterocycles. The average Bonchev–Trinajstić information content (AvgIpc) is 3.64. The van der Waals surface area contributed by atoms with E-state index in [1.807, 2.05) is 0 Å². The van der Waals surface area contributed by atoms with Crippen LogP contribution in [-0.4, -0.2) is 9.97 Å². The number of hydrogen-bond donors (Lipinski definition) is 0. The van der Waals surface area contributed by atoms with Crippen molar-refractivity contribution in [2.24, 2.45) is 0 Å². The zero-order valence-corrected chi connectivity index (χ0v) is 38.3. The van der Waals surface area contributed by atoms with Crippen LogP contribution >= 0.6 is 0 Å². The minimum Gasteiger partial charge on any atom is -0.256 e.